The molecule has 1 aliphatic rings. The van der Waals surface area contributed by atoms with E-state index in [1.165, 1.54) is 11.1 Å². The van der Waals surface area contributed by atoms with Crippen LogP contribution in [0.15, 0.2) is 29.3 Å². The maximum absolute atomic E-state index is 4.63. The minimum Gasteiger partial charge on any atom is -0.286 e. The molecule has 1 heteroatoms. The van der Waals surface area contributed by atoms with Crippen LogP contribution in [0.2, 0.25) is 0 Å². The highest BCUT2D eigenvalue weighted by molar-refractivity contribution is 5.84. The van der Waals surface area contributed by atoms with Crippen LogP contribution >= 0.6 is 0 Å². The quantitative estimate of drug-likeness (QED) is 0.639. The molecule has 74 valence electrons. The van der Waals surface area contributed by atoms with E-state index in [1.807, 2.05) is 6.21 Å². The van der Waals surface area contributed by atoms with Gasteiger partial charge in [-0.25, -0.2) is 0 Å². The lowest BCUT2D eigenvalue weighted by atomic mass is 9.77. The molecule has 1 aliphatic heterocycles. The number of nitrogens with zero attached hydrogens (tertiary/aromatic N) is 1. The lowest BCUT2D eigenvalue weighted by molar-refractivity contribution is 0.400. The van der Waals surface area contributed by atoms with Gasteiger partial charge in [-0.3, -0.25) is 4.99 Å². The van der Waals surface area contributed by atoms with Crippen LogP contribution in [-0.2, 0) is 0 Å². The first-order chi connectivity index (χ1) is 6.65. The maximum atomic E-state index is 4.63. The molecule has 0 spiro atoms. The summed E-state index contributed by atoms with van der Waals surface area (Å²) in [6.45, 7) is 6.67. The first-order valence-corrected chi connectivity index (χ1v) is 5.29. The molecule has 0 aliphatic carbocycles. The second-order valence-electron chi connectivity index (χ2n) is 4.50. The minimum atomic E-state index is 0.0586. The van der Waals surface area contributed by atoms with Crippen LogP contribution in [0.1, 0.15) is 44.2 Å². The molecule has 0 amide bonds. The van der Waals surface area contributed by atoms with E-state index in [2.05, 4.69) is 50.0 Å². The fraction of sp³-hybridized carbons (Fsp3) is 0.462. The monoisotopic (exact) mass is 187 g/mol. The van der Waals surface area contributed by atoms with E-state index in [0.717, 1.165) is 6.42 Å². The Bertz CT molecular complexity index is 363. The van der Waals surface area contributed by atoms with Crippen LogP contribution in [0.25, 0.3) is 0 Å². The molecule has 1 aromatic carbocycles. The number of hydrogen-bond acceptors (Lipinski definition) is 1. The number of rotatable bonds is 1. The van der Waals surface area contributed by atoms with Crippen molar-refractivity contribution < 1.29 is 0 Å². The molecule has 0 fully saturated rings. The molecule has 0 N–H and O–H groups in total. The highest BCUT2D eigenvalue weighted by Crippen LogP contribution is 2.38. The Hall–Kier alpha value is -1.11. The SMILES string of the molecule is CCC1c2ccccc2C=NC1(C)C. The van der Waals surface area contributed by atoms with Crippen molar-refractivity contribution in [3.8, 4) is 0 Å². The Balaban J connectivity index is 2.53. The highest BCUT2D eigenvalue weighted by Gasteiger charge is 2.32. The van der Waals surface area contributed by atoms with Gasteiger partial charge in [0.05, 0.1) is 5.54 Å². The summed E-state index contributed by atoms with van der Waals surface area (Å²) in [5, 5.41) is 0. The summed E-state index contributed by atoms with van der Waals surface area (Å²) >= 11 is 0. The van der Waals surface area contributed by atoms with E-state index in [4.69, 9.17) is 0 Å². The Morgan fingerprint density at radius 3 is 2.71 bits per heavy atom. The summed E-state index contributed by atoms with van der Waals surface area (Å²) < 4.78 is 0. The minimum absolute atomic E-state index is 0.0586. The first kappa shape index (κ1) is 9.45. The molecule has 0 bridgehead atoms. The molecule has 2 rings (SSSR count). The molecule has 1 unspecified atom stereocenters. The van der Waals surface area contributed by atoms with Gasteiger partial charge in [-0.2, -0.15) is 0 Å². The van der Waals surface area contributed by atoms with Crippen molar-refractivity contribution in [3.05, 3.63) is 35.4 Å². The second kappa shape index (κ2) is 3.23. The van der Waals surface area contributed by atoms with Crippen LogP contribution in [0.4, 0.5) is 0 Å². The molecular formula is C13H17N. The fourth-order valence-corrected chi connectivity index (χ4v) is 2.37. The largest absolute Gasteiger partial charge is 0.286 e. The zero-order valence-corrected chi connectivity index (χ0v) is 9.12. The van der Waals surface area contributed by atoms with Gasteiger partial charge < -0.3 is 0 Å². The van der Waals surface area contributed by atoms with Crippen LogP contribution < -0.4 is 0 Å². The summed E-state index contributed by atoms with van der Waals surface area (Å²) in [4.78, 5) is 4.63. The van der Waals surface area contributed by atoms with E-state index in [0.29, 0.717) is 5.92 Å². The third kappa shape index (κ3) is 1.37. The van der Waals surface area contributed by atoms with E-state index < -0.39 is 0 Å². The molecule has 14 heavy (non-hydrogen) atoms. The van der Waals surface area contributed by atoms with Gasteiger partial charge in [-0.1, -0.05) is 31.2 Å². The van der Waals surface area contributed by atoms with Crippen molar-refractivity contribution in [3.63, 3.8) is 0 Å². The topological polar surface area (TPSA) is 12.4 Å². The molecule has 1 aromatic rings. The van der Waals surface area contributed by atoms with Gasteiger partial charge in [-0.15, -0.1) is 0 Å². The lowest BCUT2D eigenvalue weighted by Crippen LogP contribution is -2.30. The average molecular weight is 187 g/mol. The lowest BCUT2D eigenvalue weighted by Gasteiger charge is -2.34. The molecule has 1 nitrogen and oxygen atoms in total. The normalized spacial score (nSPS) is 23.2. The van der Waals surface area contributed by atoms with Crippen LogP contribution in [-0.4, -0.2) is 11.8 Å². The van der Waals surface area contributed by atoms with Crippen molar-refractivity contribution in [1.29, 1.82) is 0 Å². The van der Waals surface area contributed by atoms with Crippen molar-refractivity contribution in [1.82, 2.24) is 0 Å². The molecular weight excluding hydrogens is 170 g/mol. The Kier molecular flexibility index (Phi) is 2.18. The van der Waals surface area contributed by atoms with Gasteiger partial charge in [0.15, 0.2) is 0 Å². The Labute approximate surface area is 85.9 Å². The van der Waals surface area contributed by atoms with Crippen molar-refractivity contribution >= 4 is 6.21 Å². The van der Waals surface area contributed by atoms with Crippen LogP contribution in [0.3, 0.4) is 0 Å². The van der Waals surface area contributed by atoms with Gasteiger partial charge in [-0.05, 0) is 31.4 Å². The zero-order valence-electron chi connectivity index (χ0n) is 9.12. The summed E-state index contributed by atoms with van der Waals surface area (Å²) in [5.41, 5.74) is 2.80. The smallest absolute Gasteiger partial charge is 0.0620 e. The van der Waals surface area contributed by atoms with Crippen LogP contribution in [0, 0.1) is 0 Å². The average Bonchev–Trinajstić information content (AvgIpc) is 2.17. The van der Waals surface area contributed by atoms with Gasteiger partial charge >= 0.3 is 0 Å². The van der Waals surface area contributed by atoms with E-state index in [9.17, 15) is 0 Å². The zero-order chi connectivity index (χ0) is 10.2. The van der Waals surface area contributed by atoms with E-state index in [-0.39, 0.29) is 5.54 Å². The van der Waals surface area contributed by atoms with E-state index >= 15 is 0 Å². The molecule has 0 saturated carbocycles. The number of hydrogen-bond donors (Lipinski definition) is 0. The fourth-order valence-electron chi connectivity index (χ4n) is 2.37. The number of benzene rings is 1. The molecule has 0 aromatic heterocycles. The highest BCUT2D eigenvalue weighted by atomic mass is 14.9. The van der Waals surface area contributed by atoms with E-state index in [1.54, 1.807) is 0 Å². The van der Waals surface area contributed by atoms with Gasteiger partial charge in [0, 0.05) is 12.1 Å². The number of fused-ring (bicyclic) bond motifs is 1. The van der Waals surface area contributed by atoms with Crippen molar-refractivity contribution in [2.24, 2.45) is 4.99 Å². The third-order valence-corrected chi connectivity index (χ3v) is 3.17. The van der Waals surface area contributed by atoms with Crippen LogP contribution in [0.5, 0.6) is 0 Å². The van der Waals surface area contributed by atoms with Gasteiger partial charge in [0.2, 0.25) is 0 Å². The van der Waals surface area contributed by atoms with Gasteiger partial charge in [0.25, 0.3) is 0 Å². The summed E-state index contributed by atoms with van der Waals surface area (Å²) in [6, 6.07) is 8.58. The van der Waals surface area contributed by atoms with Crippen molar-refractivity contribution in [2.45, 2.75) is 38.6 Å². The maximum Gasteiger partial charge on any atom is 0.0620 e. The molecule has 0 saturated heterocycles. The molecule has 0 radical (unpaired) electrons. The Morgan fingerprint density at radius 1 is 1.29 bits per heavy atom. The standard InChI is InChI=1S/C13H17N/c1-4-12-11-8-6-5-7-10(11)9-14-13(12,2)3/h5-9,12H,4H2,1-3H3. The summed E-state index contributed by atoms with van der Waals surface area (Å²) in [6.07, 6.45) is 3.17. The molecule has 1 heterocycles. The Morgan fingerprint density at radius 2 is 2.00 bits per heavy atom. The predicted octanol–water partition coefficient (Wildman–Crippen LogP) is 3.39. The van der Waals surface area contributed by atoms with Gasteiger partial charge in [0.1, 0.15) is 0 Å². The third-order valence-electron chi connectivity index (χ3n) is 3.17. The molecule has 1 atom stereocenters. The number of aliphatic imine (C=N–C) groups is 1. The first-order valence-electron chi connectivity index (χ1n) is 5.29. The predicted molar refractivity (Wildman–Crippen MR) is 61.1 cm³/mol. The van der Waals surface area contributed by atoms with Crippen molar-refractivity contribution in [2.75, 3.05) is 0 Å². The summed E-state index contributed by atoms with van der Waals surface area (Å²) in [7, 11) is 0. The second-order valence-corrected chi connectivity index (χ2v) is 4.50. The summed E-state index contributed by atoms with van der Waals surface area (Å²) in [5.74, 6) is 0.559.